The molecule has 0 radical (unpaired) electrons. The zero-order chi connectivity index (χ0) is 26.9. The average Bonchev–Trinajstić information content (AvgIpc) is 2.85. The molecule has 0 aliphatic rings. The molecule has 1 unspecified atom stereocenters. The van der Waals surface area contributed by atoms with E-state index >= 15 is 0 Å². The Bertz CT molecular complexity index is 1540. The van der Waals surface area contributed by atoms with Crippen molar-refractivity contribution in [2.45, 2.75) is 26.8 Å². The third-order valence-corrected chi connectivity index (χ3v) is 6.09. The second kappa shape index (κ2) is 10.6. The van der Waals surface area contributed by atoms with Crippen LogP contribution in [0.1, 0.15) is 32.6 Å². The van der Waals surface area contributed by atoms with Gasteiger partial charge in [0, 0.05) is 12.6 Å². The van der Waals surface area contributed by atoms with Crippen LogP contribution in [0.2, 0.25) is 5.02 Å². The lowest BCUT2D eigenvalue weighted by Gasteiger charge is -2.32. The summed E-state index contributed by atoms with van der Waals surface area (Å²) in [5.41, 5.74) is 0.0606. The number of nitrogens with one attached hydrogen (secondary N) is 1. The molecule has 0 spiro atoms. The number of nitrogens with zero attached hydrogens (tertiary/aromatic N) is 3. The molecule has 1 N–H and O–H groups in total. The first-order valence-corrected chi connectivity index (χ1v) is 11.9. The Morgan fingerprint density at radius 1 is 1.03 bits per heavy atom. The van der Waals surface area contributed by atoms with Crippen LogP contribution in [0, 0.1) is 23.4 Å². The Hall–Kier alpha value is -3.85. The molecule has 0 bridgehead atoms. The van der Waals surface area contributed by atoms with Crippen LogP contribution in [0.4, 0.5) is 23.7 Å². The first-order chi connectivity index (χ1) is 17.6. The van der Waals surface area contributed by atoms with E-state index in [1.807, 2.05) is 13.8 Å². The monoisotopic (exact) mass is 528 g/mol. The van der Waals surface area contributed by atoms with Crippen molar-refractivity contribution in [1.29, 1.82) is 0 Å². The zero-order valence-electron chi connectivity index (χ0n) is 20.3. The van der Waals surface area contributed by atoms with Crippen LogP contribution in [-0.2, 0) is 0 Å². The highest BCUT2D eigenvalue weighted by Gasteiger charge is 2.28. The van der Waals surface area contributed by atoms with Gasteiger partial charge in [-0.3, -0.25) is 9.36 Å². The topological polar surface area (TPSA) is 67.2 Å². The summed E-state index contributed by atoms with van der Waals surface area (Å²) in [7, 11) is 0. The fourth-order valence-corrected chi connectivity index (χ4v) is 4.21. The Morgan fingerprint density at radius 2 is 1.76 bits per heavy atom. The van der Waals surface area contributed by atoms with Crippen LogP contribution < -0.4 is 10.9 Å². The molecule has 0 saturated carbocycles. The van der Waals surface area contributed by atoms with Gasteiger partial charge in [0.2, 0.25) is 0 Å². The number of halogens is 4. The standard InChI is InChI=1S/C27H24ClF3N4O2/c1-15(2)14-34(27(37)33-24-11-8-17(29)12-22(24)31)16(3)25-32-23-7-5-4-6-19(23)26(36)35(25)18-9-10-21(30)20(28)13-18/h4-13,15-16H,14H2,1-3H3,(H,33,37). The predicted octanol–water partition coefficient (Wildman–Crippen LogP) is 6.71. The van der Waals surface area contributed by atoms with E-state index in [4.69, 9.17) is 16.6 Å². The Morgan fingerprint density at radius 3 is 2.43 bits per heavy atom. The minimum Gasteiger partial charge on any atom is -0.314 e. The van der Waals surface area contributed by atoms with Crippen molar-refractivity contribution in [1.82, 2.24) is 14.5 Å². The number of carbonyl (C=O) groups is 1. The summed E-state index contributed by atoms with van der Waals surface area (Å²) in [4.78, 5) is 33.1. The van der Waals surface area contributed by atoms with Gasteiger partial charge in [0.05, 0.1) is 33.3 Å². The molecule has 192 valence electrons. The highest BCUT2D eigenvalue weighted by atomic mass is 35.5. The first-order valence-electron chi connectivity index (χ1n) is 11.6. The van der Waals surface area contributed by atoms with Gasteiger partial charge in [-0.05, 0) is 55.3 Å². The maximum atomic E-state index is 14.3. The average molecular weight is 529 g/mol. The molecule has 0 aliphatic heterocycles. The largest absolute Gasteiger partial charge is 0.322 e. The fourth-order valence-electron chi connectivity index (χ4n) is 4.03. The Kier molecular flexibility index (Phi) is 7.54. The summed E-state index contributed by atoms with van der Waals surface area (Å²) in [6.45, 7) is 5.70. The van der Waals surface area contributed by atoms with Gasteiger partial charge in [0.25, 0.3) is 5.56 Å². The molecule has 10 heteroatoms. The van der Waals surface area contributed by atoms with E-state index in [0.29, 0.717) is 17.0 Å². The summed E-state index contributed by atoms with van der Waals surface area (Å²) < 4.78 is 42.8. The molecule has 37 heavy (non-hydrogen) atoms. The second-order valence-electron chi connectivity index (χ2n) is 9.00. The van der Waals surface area contributed by atoms with E-state index in [9.17, 15) is 22.8 Å². The molecule has 4 rings (SSSR count). The SMILES string of the molecule is CC(C)CN(C(=O)Nc1ccc(F)cc1F)C(C)c1nc2ccccc2c(=O)n1-c1ccc(F)c(Cl)c1. The minimum atomic E-state index is -0.924. The maximum Gasteiger partial charge on any atom is 0.322 e. The van der Waals surface area contributed by atoms with Crippen molar-refractivity contribution in [3.63, 3.8) is 0 Å². The predicted molar refractivity (Wildman–Crippen MR) is 138 cm³/mol. The van der Waals surface area contributed by atoms with Crippen molar-refractivity contribution in [3.05, 3.63) is 99.3 Å². The lowest BCUT2D eigenvalue weighted by molar-refractivity contribution is 0.179. The first kappa shape index (κ1) is 26.2. The molecule has 1 heterocycles. The van der Waals surface area contributed by atoms with Gasteiger partial charge < -0.3 is 10.2 Å². The van der Waals surface area contributed by atoms with Crippen LogP contribution >= 0.6 is 11.6 Å². The number of para-hydroxylation sites is 1. The normalized spacial score (nSPS) is 12.1. The Balaban J connectivity index is 1.86. The van der Waals surface area contributed by atoms with Gasteiger partial charge in [-0.2, -0.15) is 0 Å². The molecular formula is C27H24ClF3N4O2. The number of benzene rings is 3. The van der Waals surface area contributed by atoms with Crippen molar-refractivity contribution >= 4 is 34.2 Å². The number of rotatable bonds is 6. The van der Waals surface area contributed by atoms with Crippen molar-refractivity contribution in [2.75, 3.05) is 11.9 Å². The smallest absolute Gasteiger partial charge is 0.314 e. The molecule has 6 nitrogen and oxygen atoms in total. The number of amides is 2. The van der Waals surface area contributed by atoms with Crippen molar-refractivity contribution in [2.24, 2.45) is 5.92 Å². The van der Waals surface area contributed by atoms with Gasteiger partial charge in [0.1, 0.15) is 23.3 Å². The van der Waals surface area contributed by atoms with E-state index in [1.165, 1.54) is 21.6 Å². The van der Waals surface area contributed by atoms with Crippen LogP contribution in [0.3, 0.4) is 0 Å². The van der Waals surface area contributed by atoms with Crippen LogP contribution in [0.5, 0.6) is 0 Å². The molecule has 1 atom stereocenters. The number of anilines is 1. The van der Waals surface area contributed by atoms with Crippen LogP contribution in [0.25, 0.3) is 16.6 Å². The van der Waals surface area contributed by atoms with E-state index in [-0.39, 0.29) is 34.7 Å². The molecular weight excluding hydrogens is 505 g/mol. The Labute approximate surface area is 216 Å². The molecule has 3 aromatic carbocycles. The van der Waals surface area contributed by atoms with E-state index in [0.717, 1.165) is 18.2 Å². The highest BCUT2D eigenvalue weighted by Crippen LogP contribution is 2.27. The summed E-state index contributed by atoms with van der Waals surface area (Å²) >= 11 is 6.02. The molecule has 0 aliphatic carbocycles. The third-order valence-electron chi connectivity index (χ3n) is 5.80. The number of carbonyl (C=O) groups excluding carboxylic acids is 1. The fraction of sp³-hybridized carbons (Fsp3) is 0.222. The highest BCUT2D eigenvalue weighted by molar-refractivity contribution is 6.30. The number of fused-ring (bicyclic) bond motifs is 1. The second-order valence-corrected chi connectivity index (χ2v) is 9.41. The maximum absolute atomic E-state index is 14.3. The van der Waals surface area contributed by atoms with Crippen LogP contribution in [0.15, 0.2) is 65.5 Å². The lowest BCUT2D eigenvalue weighted by atomic mass is 10.1. The molecule has 0 fully saturated rings. The summed E-state index contributed by atoms with van der Waals surface area (Å²) in [6.07, 6.45) is 0. The molecule has 1 aromatic heterocycles. The number of hydrogen-bond acceptors (Lipinski definition) is 3. The van der Waals surface area contributed by atoms with Gasteiger partial charge >= 0.3 is 6.03 Å². The van der Waals surface area contributed by atoms with Gasteiger partial charge in [-0.15, -0.1) is 0 Å². The number of aromatic nitrogens is 2. The number of hydrogen-bond donors (Lipinski definition) is 1. The molecule has 2 amide bonds. The van der Waals surface area contributed by atoms with Gasteiger partial charge in [-0.25, -0.2) is 22.9 Å². The van der Waals surface area contributed by atoms with Gasteiger partial charge in [-0.1, -0.05) is 37.6 Å². The minimum absolute atomic E-state index is 0.00726. The summed E-state index contributed by atoms with van der Waals surface area (Å²) in [5.74, 6) is -2.16. The van der Waals surface area contributed by atoms with Gasteiger partial charge in [0.15, 0.2) is 0 Å². The molecule has 0 saturated heterocycles. The summed E-state index contributed by atoms with van der Waals surface area (Å²) in [5, 5.41) is 2.63. The van der Waals surface area contributed by atoms with E-state index in [2.05, 4.69) is 5.32 Å². The molecule has 4 aromatic rings. The summed E-state index contributed by atoms with van der Waals surface area (Å²) in [6, 6.07) is 12.0. The zero-order valence-corrected chi connectivity index (χ0v) is 21.1. The van der Waals surface area contributed by atoms with Crippen molar-refractivity contribution in [3.8, 4) is 5.69 Å². The van der Waals surface area contributed by atoms with E-state index < -0.39 is 35.1 Å². The third kappa shape index (κ3) is 5.46. The van der Waals surface area contributed by atoms with Crippen LogP contribution in [-0.4, -0.2) is 27.0 Å². The van der Waals surface area contributed by atoms with Crippen molar-refractivity contribution < 1.29 is 18.0 Å². The quantitative estimate of drug-likeness (QED) is 0.302. The lowest BCUT2D eigenvalue weighted by Crippen LogP contribution is -2.42. The van der Waals surface area contributed by atoms with E-state index in [1.54, 1.807) is 31.2 Å². The number of urea groups is 1.